The average molecular weight is 293 g/mol. The highest BCUT2D eigenvalue weighted by molar-refractivity contribution is 5.94. The van der Waals surface area contributed by atoms with Crippen LogP contribution in [0.15, 0.2) is 12.1 Å². The Morgan fingerprint density at radius 2 is 1.90 bits per heavy atom. The van der Waals surface area contributed by atoms with Crippen molar-refractivity contribution >= 4 is 17.7 Å². The summed E-state index contributed by atoms with van der Waals surface area (Å²) in [7, 11) is 3.86. The van der Waals surface area contributed by atoms with Gasteiger partial charge in [-0.05, 0) is 58.1 Å². The highest BCUT2D eigenvalue weighted by atomic mass is 16.4. The van der Waals surface area contributed by atoms with Crippen LogP contribution in [0, 0.1) is 13.8 Å². The molecule has 0 aliphatic rings. The van der Waals surface area contributed by atoms with Gasteiger partial charge in [0.1, 0.15) is 0 Å². The van der Waals surface area contributed by atoms with E-state index in [1.807, 2.05) is 32.8 Å². The molecule has 0 spiro atoms. The molecule has 6 heteroatoms. The summed E-state index contributed by atoms with van der Waals surface area (Å²) in [5.74, 6) is -0.999. The number of carboxylic acid groups (broad SMARTS) is 1. The summed E-state index contributed by atoms with van der Waals surface area (Å²) < 4.78 is 0. The van der Waals surface area contributed by atoms with Crippen molar-refractivity contribution in [2.24, 2.45) is 0 Å². The van der Waals surface area contributed by atoms with Crippen LogP contribution in [0.3, 0.4) is 0 Å². The summed E-state index contributed by atoms with van der Waals surface area (Å²) in [5, 5.41) is 14.6. The van der Waals surface area contributed by atoms with Gasteiger partial charge in [-0.25, -0.2) is 9.59 Å². The number of anilines is 1. The molecular formula is C15H23N3O3. The lowest BCUT2D eigenvalue weighted by Gasteiger charge is -2.19. The van der Waals surface area contributed by atoms with E-state index in [0.29, 0.717) is 11.3 Å². The van der Waals surface area contributed by atoms with Crippen LogP contribution in [0.5, 0.6) is 0 Å². The number of benzene rings is 1. The van der Waals surface area contributed by atoms with Crippen molar-refractivity contribution in [3.63, 3.8) is 0 Å². The molecule has 2 amide bonds. The SMILES string of the molecule is Cc1cc(NC(=O)NC(C)CN(C)C)cc(C(=O)O)c1C. The fraction of sp³-hybridized carbons (Fsp3) is 0.467. The molecule has 1 atom stereocenters. The first-order valence-electron chi connectivity index (χ1n) is 6.77. The van der Waals surface area contributed by atoms with Crippen molar-refractivity contribution < 1.29 is 14.7 Å². The number of carbonyl (C=O) groups excluding carboxylic acids is 1. The second-order valence-electron chi connectivity index (χ2n) is 5.53. The normalized spacial score (nSPS) is 12.1. The first-order chi connectivity index (χ1) is 9.70. The molecule has 0 saturated carbocycles. The number of hydrogen-bond donors (Lipinski definition) is 3. The Morgan fingerprint density at radius 3 is 2.43 bits per heavy atom. The van der Waals surface area contributed by atoms with Crippen LogP contribution in [0.25, 0.3) is 0 Å². The van der Waals surface area contributed by atoms with Crippen molar-refractivity contribution in [2.75, 3.05) is 26.0 Å². The Labute approximate surface area is 125 Å². The Morgan fingerprint density at radius 1 is 1.29 bits per heavy atom. The van der Waals surface area contributed by atoms with Gasteiger partial charge in [-0.3, -0.25) is 0 Å². The van der Waals surface area contributed by atoms with E-state index < -0.39 is 5.97 Å². The van der Waals surface area contributed by atoms with E-state index in [2.05, 4.69) is 10.6 Å². The second kappa shape index (κ2) is 7.08. The van der Waals surface area contributed by atoms with Gasteiger partial charge in [0, 0.05) is 18.3 Å². The van der Waals surface area contributed by atoms with Crippen LogP contribution >= 0.6 is 0 Å². The fourth-order valence-corrected chi connectivity index (χ4v) is 2.14. The number of nitrogens with one attached hydrogen (secondary N) is 2. The number of rotatable bonds is 5. The Hall–Kier alpha value is -2.08. The number of hydrogen-bond acceptors (Lipinski definition) is 3. The van der Waals surface area contributed by atoms with Crippen LogP contribution in [-0.4, -0.2) is 48.7 Å². The standard InChI is InChI=1S/C15H23N3O3/c1-9-6-12(7-13(11(9)3)14(19)20)17-15(21)16-10(2)8-18(4)5/h6-7,10H,8H2,1-5H3,(H,19,20)(H2,16,17,21). The molecule has 3 N–H and O–H groups in total. The second-order valence-corrected chi connectivity index (χ2v) is 5.53. The molecule has 0 radical (unpaired) electrons. The molecule has 0 heterocycles. The van der Waals surface area contributed by atoms with E-state index in [4.69, 9.17) is 5.11 Å². The molecule has 1 aromatic rings. The van der Waals surface area contributed by atoms with Gasteiger partial charge < -0.3 is 20.6 Å². The van der Waals surface area contributed by atoms with Crippen LogP contribution < -0.4 is 10.6 Å². The Balaban J connectivity index is 2.79. The largest absolute Gasteiger partial charge is 0.478 e. The lowest BCUT2D eigenvalue weighted by molar-refractivity contribution is 0.0696. The highest BCUT2D eigenvalue weighted by Crippen LogP contribution is 2.20. The highest BCUT2D eigenvalue weighted by Gasteiger charge is 2.13. The van der Waals surface area contributed by atoms with Gasteiger partial charge in [-0.1, -0.05) is 0 Å². The number of carbonyl (C=O) groups is 2. The fourth-order valence-electron chi connectivity index (χ4n) is 2.14. The molecule has 0 aliphatic heterocycles. The number of urea groups is 1. The van der Waals surface area contributed by atoms with Gasteiger partial charge >= 0.3 is 12.0 Å². The summed E-state index contributed by atoms with van der Waals surface area (Å²) in [5.41, 5.74) is 2.21. The Bertz CT molecular complexity index is 541. The van der Waals surface area contributed by atoms with E-state index >= 15 is 0 Å². The van der Waals surface area contributed by atoms with E-state index in [1.54, 1.807) is 13.0 Å². The monoisotopic (exact) mass is 293 g/mol. The molecule has 0 saturated heterocycles. The van der Waals surface area contributed by atoms with Crippen molar-refractivity contribution in [3.8, 4) is 0 Å². The quantitative estimate of drug-likeness (QED) is 0.776. The minimum absolute atomic E-state index is 0.00881. The molecule has 116 valence electrons. The number of aryl methyl sites for hydroxylation is 1. The van der Waals surface area contributed by atoms with Crippen LogP contribution in [0.1, 0.15) is 28.4 Å². The van der Waals surface area contributed by atoms with Gasteiger partial charge in [0.25, 0.3) is 0 Å². The third-order valence-corrected chi connectivity index (χ3v) is 3.17. The molecule has 6 nitrogen and oxygen atoms in total. The number of nitrogens with zero attached hydrogens (tertiary/aromatic N) is 1. The summed E-state index contributed by atoms with van der Waals surface area (Å²) in [6, 6.07) is 2.88. The lowest BCUT2D eigenvalue weighted by atomic mass is 10.0. The van der Waals surface area contributed by atoms with Gasteiger partial charge in [0.15, 0.2) is 0 Å². The van der Waals surface area contributed by atoms with E-state index in [-0.39, 0.29) is 17.6 Å². The molecule has 1 aromatic carbocycles. The summed E-state index contributed by atoms with van der Waals surface area (Å²) in [6.07, 6.45) is 0. The summed E-state index contributed by atoms with van der Waals surface area (Å²) in [6.45, 7) is 6.20. The van der Waals surface area contributed by atoms with Crippen molar-refractivity contribution in [3.05, 3.63) is 28.8 Å². The third kappa shape index (κ3) is 5.07. The van der Waals surface area contributed by atoms with Gasteiger partial charge in [0.2, 0.25) is 0 Å². The molecule has 0 fully saturated rings. The average Bonchev–Trinajstić information content (AvgIpc) is 2.31. The minimum Gasteiger partial charge on any atom is -0.478 e. The van der Waals surface area contributed by atoms with Gasteiger partial charge in [0.05, 0.1) is 5.56 Å². The van der Waals surface area contributed by atoms with Crippen LogP contribution in [-0.2, 0) is 0 Å². The van der Waals surface area contributed by atoms with Crippen molar-refractivity contribution in [2.45, 2.75) is 26.8 Å². The topological polar surface area (TPSA) is 81.7 Å². The van der Waals surface area contributed by atoms with Gasteiger partial charge in [-0.15, -0.1) is 0 Å². The maximum Gasteiger partial charge on any atom is 0.336 e. The van der Waals surface area contributed by atoms with Crippen molar-refractivity contribution in [1.29, 1.82) is 0 Å². The minimum atomic E-state index is -0.999. The molecule has 0 bridgehead atoms. The number of likely N-dealkylation sites (N-methyl/N-ethyl adjacent to an activating group) is 1. The summed E-state index contributed by atoms with van der Waals surface area (Å²) in [4.78, 5) is 25.0. The Kier molecular flexibility index (Phi) is 5.72. The molecule has 1 unspecified atom stereocenters. The number of amides is 2. The molecule has 1 rings (SSSR count). The number of carboxylic acids is 1. The van der Waals surface area contributed by atoms with Crippen LogP contribution in [0.2, 0.25) is 0 Å². The first-order valence-corrected chi connectivity index (χ1v) is 6.77. The van der Waals surface area contributed by atoms with Crippen LogP contribution in [0.4, 0.5) is 10.5 Å². The van der Waals surface area contributed by atoms with E-state index in [9.17, 15) is 9.59 Å². The molecular weight excluding hydrogens is 270 g/mol. The zero-order valence-electron chi connectivity index (χ0n) is 13.2. The molecule has 21 heavy (non-hydrogen) atoms. The van der Waals surface area contributed by atoms with E-state index in [0.717, 1.165) is 12.1 Å². The molecule has 0 aliphatic carbocycles. The first kappa shape index (κ1) is 17.0. The predicted octanol–water partition coefficient (Wildman–Crippen LogP) is 2.07. The van der Waals surface area contributed by atoms with Gasteiger partial charge in [-0.2, -0.15) is 0 Å². The zero-order valence-corrected chi connectivity index (χ0v) is 13.2. The maximum absolute atomic E-state index is 11.9. The maximum atomic E-state index is 11.9. The smallest absolute Gasteiger partial charge is 0.336 e. The van der Waals surface area contributed by atoms with E-state index in [1.165, 1.54) is 6.07 Å². The molecule has 0 aromatic heterocycles. The summed E-state index contributed by atoms with van der Waals surface area (Å²) >= 11 is 0. The predicted molar refractivity (Wildman–Crippen MR) is 83.0 cm³/mol. The van der Waals surface area contributed by atoms with Crippen molar-refractivity contribution in [1.82, 2.24) is 10.2 Å². The third-order valence-electron chi connectivity index (χ3n) is 3.17. The number of aromatic carboxylic acids is 1. The zero-order chi connectivity index (χ0) is 16.2. The lowest BCUT2D eigenvalue weighted by Crippen LogP contribution is -2.41.